The number of hydrogen-bond donors (Lipinski definition) is 0. The smallest absolute Gasteiger partial charge is 0 e. The van der Waals surface area contributed by atoms with Crippen LogP contribution in [0.1, 0.15) is 0 Å². The van der Waals surface area contributed by atoms with E-state index in [0.717, 1.165) is 0 Å². The molecule has 0 fully saturated rings. The van der Waals surface area contributed by atoms with Gasteiger partial charge in [-0.15, -0.1) is 0 Å². The molecule has 0 unspecified atom stereocenters. The Labute approximate surface area is 61.2 Å². The molecule has 57 valence electrons. The molecule has 1 radical (unpaired) electrons. The van der Waals surface area contributed by atoms with Crippen molar-refractivity contribution in [2.45, 2.75) is 0 Å². The summed E-state index contributed by atoms with van der Waals surface area (Å²) in [5.41, 5.74) is 0. The summed E-state index contributed by atoms with van der Waals surface area (Å²) in [7, 11) is 0. The van der Waals surface area contributed by atoms with E-state index < -0.39 is 0 Å². The monoisotopic (exact) mass is 161 g/mol. The van der Waals surface area contributed by atoms with E-state index in [2.05, 4.69) is 0 Å². The minimum atomic E-state index is 0. The largest absolute Gasteiger partial charge is 0.269 e. The zero-order chi connectivity index (χ0) is 0. The number of rotatable bonds is 0. The maximum Gasteiger partial charge on any atom is 0 e. The van der Waals surface area contributed by atoms with Crippen LogP contribution in [0.4, 0.5) is 28.2 Å². The first-order valence-electron chi connectivity index (χ1n) is 0. The van der Waals surface area contributed by atoms with Crippen molar-refractivity contribution in [3.05, 3.63) is 0 Å². The Balaban J connectivity index is 0. The zero-order valence-electron chi connectivity index (χ0n) is 3.95. The average molecular weight is 161 g/mol. The molecule has 0 bridgehead atoms. The van der Waals surface area contributed by atoms with E-state index in [-0.39, 0.29) is 60.6 Å². The molecule has 0 spiro atoms. The van der Waals surface area contributed by atoms with E-state index in [4.69, 9.17) is 0 Å². The topological polar surface area (TPSA) is 0 Å². The van der Waals surface area contributed by atoms with Crippen LogP contribution in [0, 0.1) is 0 Å². The summed E-state index contributed by atoms with van der Waals surface area (Å²) in [5.74, 6) is 0. The Morgan fingerprint density at radius 3 is 0.375 bits per heavy atom. The predicted octanol–water partition coefficient (Wildman–Crippen LogP) is 0.647. The Hall–Kier alpha value is 0.527. The minimum Gasteiger partial charge on any atom is -0.269 e. The summed E-state index contributed by atoms with van der Waals surface area (Å²) in [4.78, 5) is 0. The molecule has 0 aliphatic heterocycles. The summed E-state index contributed by atoms with van der Waals surface area (Å²) in [6.45, 7) is 0. The molecule has 0 nitrogen and oxygen atoms in total. The van der Waals surface area contributed by atoms with Crippen molar-refractivity contribution in [1.29, 1.82) is 0 Å². The van der Waals surface area contributed by atoms with Crippen LogP contribution in [-0.4, -0.2) is 18.9 Å². The van der Waals surface area contributed by atoms with Gasteiger partial charge in [-0.3, -0.25) is 28.2 Å². The van der Waals surface area contributed by atoms with Crippen LogP contribution in [0.15, 0.2) is 0 Å². The summed E-state index contributed by atoms with van der Waals surface area (Å²) in [6, 6.07) is 0. The zero-order valence-corrected chi connectivity index (χ0v) is 4.95. The van der Waals surface area contributed by atoms with Gasteiger partial charge in [-0.2, -0.15) is 13.5 Å². The first kappa shape index (κ1) is 1740. The molecular weight excluding hydrogens is 153 g/mol. The summed E-state index contributed by atoms with van der Waals surface area (Å²) < 4.78 is 0. The van der Waals surface area contributed by atoms with Crippen LogP contribution in [0.2, 0.25) is 0 Å². The van der Waals surface area contributed by atoms with Gasteiger partial charge in [0, 0.05) is 18.9 Å². The second-order valence-corrected chi connectivity index (χ2v) is 0. The van der Waals surface area contributed by atoms with Crippen molar-refractivity contribution in [2.75, 3.05) is 0 Å². The number of halogens is 6. The van der Waals surface area contributed by atoms with Crippen molar-refractivity contribution in [2.24, 2.45) is 0 Å². The molecular formula is H8F6LiS. The summed E-state index contributed by atoms with van der Waals surface area (Å²) in [6.07, 6.45) is 0. The molecule has 0 aromatic carbocycles. The molecule has 8 heteroatoms. The predicted molar refractivity (Wildman–Crippen MR) is 31.2 cm³/mol. The molecule has 0 N–H and O–H groups in total. The first-order valence-corrected chi connectivity index (χ1v) is 0. The van der Waals surface area contributed by atoms with Crippen LogP contribution < -0.4 is 0 Å². The molecule has 0 aromatic rings. The molecule has 0 saturated carbocycles. The van der Waals surface area contributed by atoms with Gasteiger partial charge in [-0.05, 0) is 0 Å². The normalized spacial score (nSPS) is 0. The maximum absolute atomic E-state index is 0. The molecule has 0 aromatic heterocycles. The van der Waals surface area contributed by atoms with E-state index in [9.17, 15) is 0 Å². The van der Waals surface area contributed by atoms with Crippen LogP contribution in [0.5, 0.6) is 0 Å². The second-order valence-electron chi connectivity index (χ2n) is 0. The quantitative estimate of drug-likeness (QED) is 0.361. The van der Waals surface area contributed by atoms with Crippen molar-refractivity contribution in [3.63, 3.8) is 0 Å². The van der Waals surface area contributed by atoms with E-state index >= 15 is 0 Å². The van der Waals surface area contributed by atoms with Crippen LogP contribution >= 0.6 is 13.5 Å². The standard InChI is InChI=1S/6FH.Li.H2S/h6*1H;;1H2. The molecule has 0 atom stereocenters. The second kappa shape index (κ2) is 1150. The summed E-state index contributed by atoms with van der Waals surface area (Å²) >= 11 is 0. The Kier molecular flexibility index (Phi) is 250000. The van der Waals surface area contributed by atoms with E-state index in [1.165, 1.54) is 0 Å². The van der Waals surface area contributed by atoms with Gasteiger partial charge in [0.1, 0.15) is 0 Å². The molecule has 0 saturated heterocycles. The van der Waals surface area contributed by atoms with Gasteiger partial charge in [-0.1, -0.05) is 0 Å². The van der Waals surface area contributed by atoms with Crippen molar-refractivity contribution >= 4 is 32.4 Å². The fourth-order valence-electron chi connectivity index (χ4n) is 0. The van der Waals surface area contributed by atoms with Crippen LogP contribution in [0.3, 0.4) is 0 Å². The van der Waals surface area contributed by atoms with Crippen molar-refractivity contribution < 1.29 is 28.2 Å². The van der Waals surface area contributed by atoms with E-state index in [1.54, 1.807) is 0 Å². The van der Waals surface area contributed by atoms with Crippen LogP contribution in [-0.2, 0) is 0 Å². The van der Waals surface area contributed by atoms with E-state index in [1.807, 2.05) is 0 Å². The first-order chi connectivity index (χ1) is 0. The molecule has 0 amide bonds. The van der Waals surface area contributed by atoms with Crippen molar-refractivity contribution in [1.82, 2.24) is 0 Å². The molecule has 0 aliphatic carbocycles. The third-order valence-corrected chi connectivity index (χ3v) is 0. The SMILES string of the molecule is F.F.F.F.F.F.S.[Li]. The van der Waals surface area contributed by atoms with Gasteiger partial charge in [0.05, 0.1) is 0 Å². The minimum absolute atomic E-state index is 0. The third kappa shape index (κ3) is 717. The van der Waals surface area contributed by atoms with Gasteiger partial charge in [0.25, 0.3) is 0 Å². The molecule has 8 heavy (non-hydrogen) atoms. The molecule has 0 aliphatic rings. The van der Waals surface area contributed by atoms with Gasteiger partial charge in [0.2, 0.25) is 0 Å². The van der Waals surface area contributed by atoms with Gasteiger partial charge in [0.15, 0.2) is 0 Å². The van der Waals surface area contributed by atoms with E-state index in [0.29, 0.717) is 0 Å². The Morgan fingerprint density at radius 1 is 0.375 bits per heavy atom. The van der Waals surface area contributed by atoms with Gasteiger partial charge in [-0.25, -0.2) is 0 Å². The fraction of sp³-hybridized carbons (Fsp3) is 0. The maximum atomic E-state index is 0. The third-order valence-electron chi connectivity index (χ3n) is 0. The Bertz CT molecular complexity index is 8.49. The number of hydrogen-bond acceptors (Lipinski definition) is 0. The fourth-order valence-corrected chi connectivity index (χ4v) is 0. The van der Waals surface area contributed by atoms with Crippen LogP contribution in [0.25, 0.3) is 0 Å². The summed E-state index contributed by atoms with van der Waals surface area (Å²) in [5, 5.41) is 0. The average Bonchev–Trinajstić information content (AvgIpc) is 0. The van der Waals surface area contributed by atoms with Gasteiger partial charge < -0.3 is 0 Å². The Morgan fingerprint density at radius 2 is 0.375 bits per heavy atom. The molecule has 0 heterocycles. The molecule has 0 rings (SSSR count). The van der Waals surface area contributed by atoms with Crippen molar-refractivity contribution in [3.8, 4) is 0 Å². The van der Waals surface area contributed by atoms with Gasteiger partial charge >= 0.3 is 0 Å².